The quantitative estimate of drug-likeness (QED) is 0.238. The molecule has 3 aliphatic rings. The lowest BCUT2D eigenvalue weighted by Gasteiger charge is -2.53. The Kier molecular flexibility index (Phi) is 8.48. The number of esters is 4. The minimum Gasteiger partial charge on any atom is -0.459 e. The van der Waals surface area contributed by atoms with Gasteiger partial charge in [0.1, 0.15) is 18.3 Å². The summed E-state index contributed by atoms with van der Waals surface area (Å²) in [6, 6.07) is 0. The number of aliphatic hydroxyl groups is 1. The number of carbonyl (C=O) groups is 5. The molecule has 1 saturated carbocycles. The zero-order valence-corrected chi connectivity index (χ0v) is 23.2. The van der Waals surface area contributed by atoms with Crippen LogP contribution in [0.3, 0.4) is 0 Å². The number of carbonyl (C=O) groups excluding carboxylic acids is 5. The molecule has 1 N–H and O–H groups in total. The van der Waals surface area contributed by atoms with Gasteiger partial charge < -0.3 is 24.1 Å². The van der Waals surface area contributed by atoms with Crippen LogP contribution in [0.5, 0.6) is 0 Å². The van der Waals surface area contributed by atoms with E-state index in [1.165, 1.54) is 26.0 Å². The lowest BCUT2D eigenvalue weighted by atomic mass is 9.56. The van der Waals surface area contributed by atoms with Crippen molar-refractivity contribution in [1.82, 2.24) is 0 Å². The van der Waals surface area contributed by atoms with Crippen LogP contribution < -0.4 is 0 Å². The lowest BCUT2D eigenvalue weighted by molar-refractivity contribution is -0.217. The highest BCUT2D eigenvalue weighted by molar-refractivity contribution is 6.23. The van der Waals surface area contributed by atoms with Gasteiger partial charge in [0.2, 0.25) is 0 Å². The van der Waals surface area contributed by atoms with Gasteiger partial charge in [0.15, 0.2) is 17.5 Å². The first kappa shape index (κ1) is 29.8. The summed E-state index contributed by atoms with van der Waals surface area (Å²) in [6.07, 6.45) is -2.51. The molecule has 1 aliphatic heterocycles. The Morgan fingerprint density at radius 1 is 1.13 bits per heavy atom. The molecular formula is C27H35ClO10. The number of rotatable bonds is 4. The van der Waals surface area contributed by atoms with Crippen LogP contribution in [-0.4, -0.2) is 70.2 Å². The van der Waals surface area contributed by atoms with Crippen LogP contribution in [0.25, 0.3) is 0 Å². The van der Waals surface area contributed by atoms with Crippen LogP contribution in [-0.2, 0) is 42.9 Å². The van der Waals surface area contributed by atoms with Gasteiger partial charge in [-0.25, -0.2) is 0 Å². The Morgan fingerprint density at radius 3 is 2.29 bits per heavy atom. The molecule has 11 heteroatoms. The summed E-state index contributed by atoms with van der Waals surface area (Å²) in [5.74, 6) is -6.32. The summed E-state index contributed by atoms with van der Waals surface area (Å²) in [5, 5.41) is 11.1. The third-order valence-electron chi connectivity index (χ3n) is 8.07. The van der Waals surface area contributed by atoms with Gasteiger partial charge in [-0.15, -0.1) is 11.6 Å². The van der Waals surface area contributed by atoms with Crippen LogP contribution in [0.2, 0.25) is 0 Å². The fourth-order valence-electron chi connectivity index (χ4n) is 6.04. The molecule has 0 amide bonds. The van der Waals surface area contributed by atoms with E-state index in [1.807, 2.05) is 0 Å². The van der Waals surface area contributed by atoms with E-state index in [0.29, 0.717) is 0 Å². The number of ether oxygens (including phenoxy) is 4. The maximum absolute atomic E-state index is 13.0. The van der Waals surface area contributed by atoms with Crippen LogP contribution in [0.4, 0.5) is 0 Å². The molecule has 2 aliphatic carbocycles. The lowest BCUT2D eigenvalue weighted by Crippen LogP contribution is -2.67. The minimum atomic E-state index is -2.18. The van der Waals surface area contributed by atoms with E-state index in [2.05, 4.69) is 6.58 Å². The SMILES string of the molecule is C=C1C[C@H](OC(C)=O)[C@H](OC(=O)CC)[C@@]2(C)C=CC(=O)[C@H](C)[C@@H]2[C@H](OC(C)=O)[C@]2(O)[C@@H](C)C(=O)O[C@H]2[C@H]1Cl. The van der Waals surface area contributed by atoms with Gasteiger partial charge in [-0.3, -0.25) is 24.0 Å². The Hall–Kier alpha value is -2.72. The summed E-state index contributed by atoms with van der Waals surface area (Å²) >= 11 is 6.74. The first-order valence-electron chi connectivity index (χ1n) is 12.6. The summed E-state index contributed by atoms with van der Waals surface area (Å²) in [6.45, 7) is 12.6. The van der Waals surface area contributed by atoms with Crippen LogP contribution in [0.1, 0.15) is 54.4 Å². The number of halogens is 1. The molecule has 0 aromatic rings. The van der Waals surface area contributed by atoms with Crippen molar-refractivity contribution in [2.24, 2.45) is 23.2 Å². The van der Waals surface area contributed by atoms with Crippen molar-refractivity contribution >= 4 is 41.3 Å². The first-order chi connectivity index (χ1) is 17.6. The Balaban J connectivity index is 2.39. The van der Waals surface area contributed by atoms with Gasteiger partial charge in [-0.2, -0.15) is 0 Å². The highest BCUT2D eigenvalue weighted by Gasteiger charge is 2.68. The number of hydrogen-bond donors (Lipinski definition) is 1. The third-order valence-corrected chi connectivity index (χ3v) is 8.61. The van der Waals surface area contributed by atoms with E-state index in [4.69, 9.17) is 30.5 Å². The zero-order valence-electron chi connectivity index (χ0n) is 22.4. The van der Waals surface area contributed by atoms with Crippen LogP contribution in [0, 0.1) is 23.2 Å². The average molecular weight is 555 g/mol. The molecule has 0 radical (unpaired) electrons. The standard InChI is InChI=1S/C27H35ClO10/c1-8-19(32)37-22-18(35-15(5)29)11-12(2)21(28)24-27(34,14(4)25(33)38-24)23(36-16(6)30)20-13(3)17(31)9-10-26(20,22)7/h9-10,13-14,18,20-24,34H,2,8,11H2,1,3-7H3/t13-,14-,18-,20+,21-,22-,23-,24-,26-,27+/m0/s1. The number of hydrogen-bond acceptors (Lipinski definition) is 10. The van der Waals surface area contributed by atoms with E-state index in [0.717, 1.165) is 6.92 Å². The maximum atomic E-state index is 13.0. The van der Waals surface area contributed by atoms with Gasteiger partial charge in [-0.1, -0.05) is 39.0 Å². The maximum Gasteiger partial charge on any atom is 0.312 e. The zero-order chi connectivity index (χ0) is 28.7. The van der Waals surface area contributed by atoms with E-state index in [9.17, 15) is 29.1 Å². The Bertz CT molecular complexity index is 1070. The molecule has 210 valence electrons. The second-order valence-corrected chi connectivity index (χ2v) is 11.1. The summed E-state index contributed by atoms with van der Waals surface area (Å²) < 4.78 is 22.8. The van der Waals surface area contributed by atoms with E-state index in [1.54, 1.807) is 20.8 Å². The number of allylic oxidation sites excluding steroid dienone is 1. The van der Waals surface area contributed by atoms with Gasteiger partial charge >= 0.3 is 23.9 Å². The van der Waals surface area contributed by atoms with Crippen molar-refractivity contribution in [3.8, 4) is 0 Å². The predicted molar refractivity (Wildman–Crippen MR) is 134 cm³/mol. The second kappa shape index (κ2) is 10.8. The van der Waals surface area contributed by atoms with Gasteiger partial charge in [0, 0.05) is 43.9 Å². The smallest absolute Gasteiger partial charge is 0.312 e. The molecule has 10 atom stereocenters. The summed E-state index contributed by atoms with van der Waals surface area (Å²) in [5.41, 5.74) is -3.30. The minimum absolute atomic E-state index is 0.0000755. The van der Waals surface area contributed by atoms with Crippen LogP contribution in [0.15, 0.2) is 24.3 Å². The number of fused-ring (bicyclic) bond motifs is 2. The molecule has 2 fully saturated rings. The van der Waals surface area contributed by atoms with Crippen molar-refractivity contribution in [3.05, 3.63) is 24.3 Å². The van der Waals surface area contributed by atoms with Crippen molar-refractivity contribution in [2.75, 3.05) is 0 Å². The van der Waals surface area contributed by atoms with Gasteiger partial charge in [-0.05, 0) is 13.0 Å². The molecule has 0 bridgehead atoms. The highest BCUT2D eigenvalue weighted by atomic mass is 35.5. The number of ketones is 1. The topological polar surface area (TPSA) is 142 Å². The molecule has 1 heterocycles. The van der Waals surface area contributed by atoms with Crippen molar-refractivity contribution < 1.29 is 48.0 Å². The first-order valence-corrected chi connectivity index (χ1v) is 13.0. The molecule has 0 spiro atoms. The van der Waals surface area contributed by atoms with E-state index in [-0.39, 0.29) is 24.2 Å². The Morgan fingerprint density at radius 2 is 1.74 bits per heavy atom. The van der Waals surface area contributed by atoms with Gasteiger partial charge in [0.25, 0.3) is 0 Å². The average Bonchev–Trinajstić information content (AvgIpc) is 3.07. The molecule has 38 heavy (non-hydrogen) atoms. The normalized spacial score (nSPS) is 40.9. The molecule has 0 unspecified atom stereocenters. The molecular weight excluding hydrogens is 520 g/mol. The van der Waals surface area contributed by atoms with Crippen molar-refractivity contribution in [3.63, 3.8) is 0 Å². The van der Waals surface area contributed by atoms with Crippen LogP contribution >= 0.6 is 11.6 Å². The van der Waals surface area contributed by atoms with E-state index < -0.39 is 82.4 Å². The van der Waals surface area contributed by atoms with Gasteiger partial charge in [0.05, 0.1) is 11.3 Å². The largest absolute Gasteiger partial charge is 0.459 e. The molecule has 10 nitrogen and oxygen atoms in total. The highest BCUT2D eigenvalue weighted by Crippen LogP contribution is 2.54. The summed E-state index contributed by atoms with van der Waals surface area (Å²) in [7, 11) is 0. The second-order valence-electron chi connectivity index (χ2n) is 10.6. The fraction of sp³-hybridized carbons (Fsp3) is 0.667. The third kappa shape index (κ3) is 5.00. The molecule has 0 aromatic heterocycles. The predicted octanol–water partition coefficient (Wildman–Crippen LogP) is 2.43. The summed E-state index contributed by atoms with van der Waals surface area (Å²) in [4.78, 5) is 63.2. The monoisotopic (exact) mass is 554 g/mol. The van der Waals surface area contributed by atoms with E-state index >= 15 is 0 Å². The fourth-order valence-corrected chi connectivity index (χ4v) is 6.39. The van der Waals surface area contributed by atoms with Crippen molar-refractivity contribution in [1.29, 1.82) is 0 Å². The molecule has 0 aromatic carbocycles. The number of alkyl halides is 1. The Labute approximate surface area is 226 Å². The molecule has 1 saturated heterocycles. The molecule has 3 rings (SSSR count). The van der Waals surface area contributed by atoms with Crippen molar-refractivity contribution in [2.45, 2.75) is 89.8 Å².